The molecule has 0 radical (unpaired) electrons. The highest BCUT2D eigenvalue weighted by Gasteiger charge is 2.38. The molecule has 21 heavy (non-hydrogen) atoms. The molecular weight excluding hydrogens is 328 g/mol. The molecule has 4 heteroatoms. The van der Waals surface area contributed by atoms with Crippen molar-refractivity contribution in [1.82, 2.24) is 5.32 Å². The van der Waals surface area contributed by atoms with Crippen LogP contribution in [0.25, 0.3) is 0 Å². The normalized spacial score (nSPS) is 22.1. The minimum atomic E-state index is -0.141. The first-order chi connectivity index (χ1) is 9.63. The lowest BCUT2D eigenvalue weighted by Crippen LogP contribution is -2.57. The van der Waals surface area contributed by atoms with Gasteiger partial charge in [0.1, 0.15) is 0 Å². The van der Waals surface area contributed by atoms with E-state index in [4.69, 9.17) is 4.74 Å². The first-order valence-corrected chi connectivity index (χ1v) is 8.35. The third-order valence-corrected chi connectivity index (χ3v) is 4.58. The molecule has 0 amide bonds. The summed E-state index contributed by atoms with van der Waals surface area (Å²) in [6, 6.07) is 6.99. The zero-order valence-electron chi connectivity index (χ0n) is 14.0. The van der Waals surface area contributed by atoms with Crippen molar-refractivity contribution in [2.24, 2.45) is 0 Å². The molecule has 1 fully saturated rings. The smallest absolute Gasteiger partial charge is 0.0808 e. The number of rotatable bonds is 3. The lowest BCUT2D eigenvalue weighted by Gasteiger charge is -2.48. The Morgan fingerprint density at radius 2 is 1.76 bits per heavy atom. The van der Waals surface area contributed by atoms with Crippen molar-refractivity contribution in [2.75, 3.05) is 25.0 Å². The van der Waals surface area contributed by atoms with E-state index in [0.29, 0.717) is 6.04 Å². The summed E-state index contributed by atoms with van der Waals surface area (Å²) in [5.74, 6) is 0. The largest absolute Gasteiger partial charge is 0.366 e. The van der Waals surface area contributed by atoms with Crippen molar-refractivity contribution in [3.63, 3.8) is 0 Å². The summed E-state index contributed by atoms with van der Waals surface area (Å²) in [4.78, 5) is 2.42. The number of halogens is 1. The maximum Gasteiger partial charge on any atom is 0.0808 e. The molecule has 118 valence electrons. The second-order valence-corrected chi connectivity index (χ2v) is 8.05. The Morgan fingerprint density at radius 1 is 1.19 bits per heavy atom. The van der Waals surface area contributed by atoms with E-state index in [1.165, 1.54) is 11.3 Å². The fourth-order valence-electron chi connectivity index (χ4n) is 3.17. The summed E-state index contributed by atoms with van der Waals surface area (Å²) < 4.78 is 7.31. The fourth-order valence-corrected chi connectivity index (χ4v) is 3.82. The molecule has 2 rings (SSSR count). The van der Waals surface area contributed by atoms with E-state index in [0.717, 1.165) is 17.6 Å². The van der Waals surface area contributed by atoms with Crippen molar-refractivity contribution in [2.45, 2.75) is 51.9 Å². The van der Waals surface area contributed by atoms with Crippen LogP contribution in [-0.4, -0.2) is 31.3 Å². The van der Waals surface area contributed by atoms with E-state index in [1.807, 2.05) is 7.05 Å². The number of hydrogen-bond acceptors (Lipinski definition) is 3. The number of benzene rings is 1. The van der Waals surface area contributed by atoms with E-state index >= 15 is 0 Å². The van der Waals surface area contributed by atoms with Crippen LogP contribution >= 0.6 is 15.9 Å². The molecular formula is C17H27BrN2O. The van der Waals surface area contributed by atoms with E-state index in [-0.39, 0.29) is 11.2 Å². The third kappa shape index (κ3) is 3.99. The number of ether oxygens (including phenoxy) is 1. The van der Waals surface area contributed by atoms with Crippen molar-refractivity contribution >= 4 is 21.6 Å². The molecule has 1 atom stereocenters. The van der Waals surface area contributed by atoms with Gasteiger partial charge in [0, 0.05) is 23.6 Å². The highest BCUT2D eigenvalue weighted by atomic mass is 79.9. The Labute approximate surface area is 137 Å². The average Bonchev–Trinajstić information content (AvgIpc) is 2.33. The standard InChI is InChI=1S/C17H27BrN2O/c1-12(19-6)13-7-8-15(14(18)9-13)20-10-16(2,3)21-17(4,5)11-20/h7-9,12,19H,10-11H2,1-6H3. The molecule has 0 aliphatic carbocycles. The van der Waals surface area contributed by atoms with E-state index < -0.39 is 0 Å². The quantitative estimate of drug-likeness (QED) is 0.883. The fraction of sp³-hybridized carbons (Fsp3) is 0.647. The van der Waals surface area contributed by atoms with Gasteiger partial charge in [-0.3, -0.25) is 0 Å². The zero-order valence-corrected chi connectivity index (χ0v) is 15.5. The van der Waals surface area contributed by atoms with Crippen LogP contribution in [0.3, 0.4) is 0 Å². The minimum absolute atomic E-state index is 0.141. The van der Waals surface area contributed by atoms with Crippen LogP contribution in [0.1, 0.15) is 46.2 Å². The van der Waals surface area contributed by atoms with Gasteiger partial charge in [0.05, 0.1) is 16.9 Å². The summed E-state index contributed by atoms with van der Waals surface area (Å²) in [5, 5.41) is 3.28. The molecule has 1 saturated heterocycles. The van der Waals surface area contributed by atoms with Gasteiger partial charge in [-0.15, -0.1) is 0 Å². The number of hydrogen-bond donors (Lipinski definition) is 1. The first kappa shape index (κ1) is 16.8. The Kier molecular flexibility index (Phi) is 4.72. The van der Waals surface area contributed by atoms with Crippen LogP contribution in [0.5, 0.6) is 0 Å². The number of morpholine rings is 1. The Bertz CT molecular complexity index is 498. The van der Waals surface area contributed by atoms with Crippen LogP contribution in [0.2, 0.25) is 0 Å². The molecule has 0 aromatic heterocycles. The van der Waals surface area contributed by atoms with Gasteiger partial charge in [0.15, 0.2) is 0 Å². The average molecular weight is 355 g/mol. The molecule has 3 nitrogen and oxygen atoms in total. The second-order valence-electron chi connectivity index (χ2n) is 7.20. The molecule has 1 unspecified atom stereocenters. The molecule has 1 aromatic rings. The summed E-state index contributed by atoms with van der Waals surface area (Å²) in [6.07, 6.45) is 0. The van der Waals surface area contributed by atoms with Crippen molar-refractivity contribution < 1.29 is 4.74 Å². The Hall–Kier alpha value is -0.580. The number of nitrogens with zero attached hydrogens (tertiary/aromatic N) is 1. The van der Waals surface area contributed by atoms with Gasteiger partial charge < -0.3 is 15.0 Å². The molecule has 1 aliphatic heterocycles. The first-order valence-electron chi connectivity index (χ1n) is 7.55. The van der Waals surface area contributed by atoms with Crippen molar-refractivity contribution in [3.8, 4) is 0 Å². The molecule has 1 aromatic carbocycles. The Morgan fingerprint density at radius 3 is 2.24 bits per heavy atom. The predicted molar refractivity (Wildman–Crippen MR) is 93.1 cm³/mol. The van der Waals surface area contributed by atoms with Crippen LogP contribution < -0.4 is 10.2 Å². The topological polar surface area (TPSA) is 24.5 Å². The molecule has 0 bridgehead atoms. The molecule has 1 aliphatic rings. The molecule has 1 N–H and O–H groups in total. The van der Waals surface area contributed by atoms with Crippen molar-refractivity contribution in [1.29, 1.82) is 0 Å². The summed E-state index contributed by atoms with van der Waals surface area (Å²) in [5.41, 5.74) is 2.25. The monoisotopic (exact) mass is 354 g/mol. The van der Waals surface area contributed by atoms with Gasteiger partial charge in [-0.25, -0.2) is 0 Å². The van der Waals surface area contributed by atoms with Gasteiger partial charge in [0.25, 0.3) is 0 Å². The van der Waals surface area contributed by atoms with Gasteiger partial charge >= 0.3 is 0 Å². The lowest BCUT2D eigenvalue weighted by atomic mass is 9.98. The summed E-state index contributed by atoms with van der Waals surface area (Å²) in [7, 11) is 1.99. The van der Waals surface area contributed by atoms with Gasteiger partial charge in [-0.05, 0) is 75.3 Å². The number of anilines is 1. The molecule has 0 saturated carbocycles. The maximum absolute atomic E-state index is 6.17. The second kappa shape index (κ2) is 5.90. The SMILES string of the molecule is CNC(C)c1ccc(N2CC(C)(C)OC(C)(C)C2)c(Br)c1. The summed E-state index contributed by atoms with van der Waals surface area (Å²) in [6.45, 7) is 12.6. The minimum Gasteiger partial charge on any atom is -0.366 e. The van der Waals surface area contributed by atoms with E-state index in [1.54, 1.807) is 0 Å². The molecule has 1 heterocycles. The van der Waals surface area contributed by atoms with E-state index in [9.17, 15) is 0 Å². The maximum atomic E-state index is 6.17. The van der Waals surface area contributed by atoms with Gasteiger partial charge in [-0.1, -0.05) is 6.07 Å². The highest BCUT2D eigenvalue weighted by Crippen LogP contribution is 2.36. The van der Waals surface area contributed by atoms with Crippen LogP contribution in [0, 0.1) is 0 Å². The van der Waals surface area contributed by atoms with Crippen LogP contribution in [-0.2, 0) is 4.74 Å². The third-order valence-electron chi connectivity index (χ3n) is 3.94. The van der Waals surface area contributed by atoms with Crippen LogP contribution in [0.15, 0.2) is 22.7 Å². The van der Waals surface area contributed by atoms with Crippen molar-refractivity contribution in [3.05, 3.63) is 28.2 Å². The van der Waals surface area contributed by atoms with Gasteiger partial charge in [-0.2, -0.15) is 0 Å². The lowest BCUT2D eigenvalue weighted by molar-refractivity contribution is -0.133. The van der Waals surface area contributed by atoms with Crippen LogP contribution in [0.4, 0.5) is 5.69 Å². The Balaban J connectivity index is 2.29. The molecule has 0 spiro atoms. The van der Waals surface area contributed by atoms with E-state index in [2.05, 4.69) is 79.0 Å². The zero-order chi connectivity index (χ0) is 15.8. The highest BCUT2D eigenvalue weighted by molar-refractivity contribution is 9.10. The number of nitrogens with one attached hydrogen (secondary N) is 1. The predicted octanol–water partition coefficient (Wildman–Crippen LogP) is 4.12. The van der Waals surface area contributed by atoms with Gasteiger partial charge in [0.2, 0.25) is 0 Å². The summed E-state index contributed by atoms with van der Waals surface area (Å²) >= 11 is 3.74.